The van der Waals surface area contributed by atoms with Gasteiger partial charge in [-0.3, -0.25) is 0 Å². The number of anilines is 1. The number of imidazole rings is 1. The van der Waals surface area contributed by atoms with Crippen molar-refractivity contribution in [2.45, 2.75) is 13.8 Å². The van der Waals surface area contributed by atoms with Crippen molar-refractivity contribution in [3.8, 4) is 11.1 Å². The van der Waals surface area contributed by atoms with Gasteiger partial charge < -0.3 is 5.73 Å². The van der Waals surface area contributed by atoms with E-state index in [1.165, 1.54) is 11.1 Å². The summed E-state index contributed by atoms with van der Waals surface area (Å²) in [5.74, 6) is 0.391. The van der Waals surface area contributed by atoms with E-state index >= 15 is 0 Å². The maximum atomic E-state index is 5.82. The van der Waals surface area contributed by atoms with Crippen molar-refractivity contribution in [1.29, 1.82) is 0 Å². The highest BCUT2D eigenvalue weighted by atomic mass is 15.4. The van der Waals surface area contributed by atoms with Crippen molar-refractivity contribution in [3.05, 3.63) is 71.5 Å². The fourth-order valence-electron chi connectivity index (χ4n) is 2.45. The fraction of sp³-hybridized carbons (Fsp3) is 0.111. The van der Waals surface area contributed by atoms with E-state index in [2.05, 4.69) is 35.2 Å². The molecule has 110 valence electrons. The largest absolute Gasteiger partial charge is 0.368 e. The van der Waals surface area contributed by atoms with Gasteiger partial charge in [0.15, 0.2) is 0 Å². The van der Waals surface area contributed by atoms with Crippen LogP contribution in [0.3, 0.4) is 0 Å². The molecule has 4 heteroatoms. The van der Waals surface area contributed by atoms with Crippen molar-refractivity contribution in [2.24, 2.45) is 5.10 Å². The molecule has 0 radical (unpaired) electrons. The van der Waals surface area contributed by atoms with Gasteiger partial charge in [-0.15, -0.1) is 0 Å². The van der Waals surface area contributed by atoms with Crippen LogP contribution in [-0.2, 0) is 0 Å². The standard InChI is InChI=1S/C18H18N4/c1-13-7-3-5-9-16(13)17-10-6-4-8-15(17)11-20-22-12-14(2)21-18(22)19/h3-12H,1-2H3,(H2,19,21). The van der Waals surface area contributed by atoms with Crippen LogP contribution in [0.4, 0.5) is 5.95 Å². The van der Waals surface area contributed by atoms with Gasteiger partial charge in [-0.1, -0.05) is 48.5 Å². The first-order valence-electron chi connectivity index (χ1n) is 7.16. The molecule has 0 aliphatic carbocycles. The molecule has 3 aromatic rings. The number of hydrogen-bond donors (Lipinski definition) is 1. The molecule has 0 aliphatic rings. The molecule has 2 N–H and O–H groups in total. The summed E-state index contributed by atoms with van der Waals surface area (Å²) in [6.07, 6.45) is 3.63. The van der Waals surface area contributed by atoms with Crippen LogP contribution in [-0.4, -0.2) is 15.9 Å². The smallest absolute Gasteiger partial charge is 0.221 e. The third-order valence-electron chi connectivity index (χ3n) is 3.55. The molecule has 0 unspecified atom stereocenters. The fourth-order valence-corrected chi connectivity index (χ4v) is 2.45. The van der Waals surface area contributed by atoms with Gasteiger partial charge >= 0.3 is 0 Å². The van der Waals surface area contributed by atoms with Crippen molar-refractivity contribution in [3.63, 3.8) is 0 Å². The van der Waals surface area contributed by atoms with Crippen LogP contribution in [0, 0.1) is 13.8 Å². The van der Waals surface area contributed by atoms with E-state index < -0.39 is 0 Å². The van der Waals surface area contributed by atoms with Crippen LogP contribution in [0.15, 0.2) is 59.8 Å². The highest BCUT2D eigenvalue weighted by Gasteiger charge is 2.05. The maximum Gasteiger partial charge on any atom is 0.221 e. The van der Waals surface area contributed by atoms with E-state index in [0.717, 1.165) is 16.8 Å². The average molecular weight is 290 g/mol. The molecular formula is C18H18N4. The van der Waals surface area contributed by atoms with Crippen molar-refractivity contribution < 1.29 is 0 Å². The zero-order chi connectivity index (χ0) is 15.5. The molecule has 2 aromatic carbocycles. The summed E-state index contributed by atoms with van der Waals surface area (Å²) >= 11 is 0. The molecule has 0 aliphatic heterocycles. The second-order valence-corrected chi connectivity index (χ2v) is 5.23. The van der Waals surface area contributed by atoms with Gasteiger partial charge in [-0.05, 0) is 30.5 Å². The molecule has 1 heterocycles. The molecule has 0 fully saturated rings. The lowest BCUT2D eigenvalue weighted by Crippen LogP contribution is -1.98. The lowest BCUT2D eigenvalue weighted by Gasteiger charge is -2.09. The normalized spacial score (nSPS) is 11.2. The minimum atomic E-state index is 0.391. The van der Waals surface area contributed by atoms with E-state index in [-0.39, 0.29) is 0 Å². The van der Waals surface area contributed by atoms with E-state index in [9.17, 15) is 0 Å². The summed E-state index contributed by atoms with van der Waals surface area (Å²) in [6, 6.07) is 16.5. The van der Waals surface area contributed by atoms with E-state index in [0.29, 0.717) is 5.95 Å². The lowest BCUT2D eigenvalue weighted by molar-refractivity contribution is 0.897. The number of nitrogens with zero attached hydrogens (tertiary/aromatic N) is 3. The number of nitrogens with two attached hydrogens (primary N) is 1. The third kappa shape index (κ3) is 2.76. The molecule has 22 heavy (non-hydrogen) atoms. The van der Waals surface area contributed by atoms with E-state index in [4.69, 9.17) is 5.73 Å². The van der Waals surface area contributed by atoms with Crippen LogP contribution >= 0.6 is 0 Å². The highest BCUT2D eigenvalue weighted by Crippen LogP contribution is 2.25. The van der Waals surface area contributed by atoms with Crippen LogP contribution in [0.2, 0.25) is 0 Å². The molecule has 0 saturated heterocycles. The Morgan fingerprint density at radius 3 is 2.36 bits per heavy atom. The number of hydrogen-bond acceptors (Lipinski definition) is 3. The topological polar surface area (TPSA) is 56.2 Å². The zero-order valence-corrected chi connectivity index (χ0v) is 12.7. The Hall–Kier alpha value is -2.88. The Morgan fingerprint density at radius 2 is 1.68 bits per heavy atom. The van der Waals surface area contributed by atoms with Gasteiger partial charge in [-0.25, -0.2) is 9.66 Å². The SMILES string of the molecule is Cc1cn(N=Cc2ccccc2-c2ccccc2C)c(N)n1. The Bertz CT molecular complexity index is 831. The number of nitrogen functional groups attached to an aromatic ring is 1. The van der Waals surface area contributed by atoms with Gasteiger partial charge in [0.25, 0.3) is 0 Å². The first kappa shape index (κ1) is 14.1. The maximum absolute atomic E-state index is 5.82. The van der Waals surface area contributed by atoms with Crippen LogP contribution < -0.4 is 5.73 Å². The number of aryl methyl sites for hydroxylation is 2. The van der Waals surface area contributed by atoms with E-state index in [1.54, 1.807) is 4.68 Å². The second-order valence-electron chi connectivity index (χ2n) is 5.23. The third-order valence-corrected chi connectivity index (χ3v) is 3.55. The predicted molar refractivity (Wildman–Crippen MR) is 91.0 cm³/mol. The van der Waals surface area contributed by atoms with Gasteiger partial charge in [0.1, 0.15) is 0 Å². The molecule has 1 aromatic heterocycles. The van der Waals surface area contributed by atoms with Gasteiger partial charge in [0.2, 0.25) is 5.95 Å². The molecule has 0 saturated carbocycles. The highest BCUT2D eigenvalue weighted by molar-refractivity contribution is 5.91. The summed E-state index contributed by atoms with van der Waals surface area (Å²) in [5, 5.41) is 4.42. The minimum absolute atomic E-state index is 0.391. The van der Waals surface area contributed by atoms with Gasteiger partial charge in [0.05, 0.1) is 18.1 Å². The Kier molecular flexibility index (Phi) is 3.74. The molecule has 0 spiro atoms. The Balaban J connectivity index is 2.02. The quantitative estimate of drug-likeness (QED) is 0.749. The summed E-state index contributed by atoms with van der Waals surface area (Å²) < 4.78 is 1.59. The molecule has 4 nitrogen and oxygen atoms in total. The minimum Gasteiger partial charge on any atom is -0.368 e. The van der Waals surface area contributed by atoms with Crippen LogP contribution in [0.5, 0.6) is 0 Å². The molecule has 0 bridgehead atoms. The summed E-state index contributed by atoms with van der Waals surface area (Å²) in [7, 11) is 0. The van der Waals surface area contributed by atoms with Crippen molar-refractivity contribution in [1.82, 2.24) is 9.66 Å². The Labute approximate surface area is 129 Å². The molecular weight excluding hydrogens is 272 g/mol. The van der Waals surface area contributed by atoms with E-state index in [1.807, 2.05) is 49.7 Å². The van der Waals surface area contributed by atoms with Gasteiger partial charge in [0, 0.05) is 5.56 Å². The molecule has 0 atom stereocenters. The number of benzene rings is 2. The lowest BCUT2D eigenvalue weighted by atomic mass is 9.97. The Morgan fingerprint density at radius 1 is 1.00 bits per heavy atom. The van der Waals surface area contributed by atoms with Crippen molar-refractivity contribution in [2.75, 3.05) is 5.73 Å². The first-order valence-corrected chi connectivity index (χ1v) is 7.16. The molecule has 3 rings (SSSR count). The summed E-state index contributed by atoms with van der Waals surface area (Å²) in [6.45, 7) is 4.00. The number of rotatable bonds is 3. The van der Waals surface area contributed by atoms with Crippen LogP contribution in [0.1, 0.15) is 16.8 Å². The average Bonchev–Trinajstić information content (AvgIpc) is 2.84. The summed E-state index contributed by atoms with van der Waals surface area (Å²) in [4.78, 5) is 4.15. The predicted octanol–water partition coefficient (Wildman–Crippen LogP) is 3.63. The van der Waals surface area contributed by atoms with Crippen molar-refractivity contribution >= 4 is 12.2 Å². The molecule has 0 amide bonds. The zero-order valence-electron chi connectivity index (χ0n) is 12.7. The monoisotopic (exact) mass is 290 g/mol. The van der Waals surface area contributed by atoms with Gasteiger partial charge in [-0.2, -0.15) is 5.10 Å². The first-order chi connectivity index (χ1) is 10.6. The van der Waals surface area contributed by atoms with Crippen LogP contribution in [0.25, 0.3) is 11.1 Å². The number of aromatic nitrogens is 2. The summed E-state index contributed by atoms with van der Waals surface area (Å²) in [5.41, 5.74) is 11.3. The second kappa shape index (κ2) is 5.85.